The Morgan fingerprint density at radius 1 is 0.440 bits per heavy atom. The van der Waals surface area contributed by atoms with Gasteiger partial charge in [0.2, 0.25) is 5.91 Å². The molecule has 0 aliphatic carbocycles. The molecule has 1 aliphatic rings. The maximum absolute atomic E-state index is 13.0. The van der Waals surface area contributed by atoms with Crippen molar-refractivity contribution < 1.29 is 39.8 Å². The minimum Gasteiger partial charge on any atom is -0.394 e. The predicted octanol–water partition coefficient (Wildman–Crippen LogP) is 17.3. The average Bonchev–Trinajstić information content (AvgIpc) is 3.41. The van der Waals surface area contributed by atoms with E-state index >= 15 is 0 Å². The minimum atomic E-state index is -1.56. The molecular weight excluding hydrogens is 935 g/mol. The second kappa shape index (κ2) is 56.0. The highest BCUT2D eigenvalue weighted by Gasteiger charge is 2.44. The number of nitrogens with one attached hydrogen (secondary N) is 1. The topological polar surface area (TPSA) is 149 Å². The normalized spacial score (nSPS) is 18.9. The Hall–Kier alpha value is -1.33. The zero-order valence-electron chi connectivity index (χ0n) is 49.6. The molecule has 9 heteroatoms. The Morgan fingerprint density at radius 2 is 0.747 bits per heavy atom. The first-order valence-corrected chi connectivity index (χ1v) is 33.1. The van der Waals surface area contributed by atoms with Crippen molar-refractivity contribution in [2.45, 2.75) is 378 Å². The number of allylic oxidation sites excluding steroid dienone is 3. The molecule has 1 saturated heterocycles. The molecule has 7 unspecified atom stereocenters. The molecule has 0 aromatic carbocycles. The lowest BCUT2D eigenvalue weighted by Gasteiger charge is -2.40. The molecule has 1 fully saturated rings. The molecule has 0 aromatic heterocycles. The fraction of sp³-hybridized carbons (Fsp3) is 0.924. The maximum Gasteiger partial charge on any atom is 0.220 e. The molecule has 0 radical (unpaired) electrons. The summed E-state index contributed by atoms with van der Waals surface area (Å²) in [5.41, 5.74) is 0. The van der Waals surface area contributed by atoms with Gasteiger partial charge in [0.15, 0.2) is 6.29 Å². The lowest BCUT2D eigenvalue weighted by molar-refractivity contribution is -0.302. The Bertz CT molecular complexity index is 1230. The highest BCUT2D eigenvalue weighted by molar-refractivity contribution is 5.76. The van der Waals surface area contributed by atoms with Gasteiger partial charge in [0.25, 0.3) is 0 Å². The summed E-state index contributed by atoms with van der Waals surface area (Å²) in [4.78, 5) is 13.0. The molecular formula is C66H127NO8. The van der Waals surface area contributed by atoms with E-state index in [1.165, 1.54) is 276 Å². The summed E-state index contributed by atoms with van der Waals surface area (Å²) in [6, 6.07) is -0.800. The van der Waals surface area contributed by atoms with Crippen molar-refractivity contribution in [3.63, 3.8) is 0 Å². The number of unbranched alkanes of at least 4 members (excludes halogenated alkanes) is 46. The zero-order chi connectivity index (χ0) is 54.3. The second-order valence-electron chi connectivity index (χ2n) is 23.3. The van der Waals surface area contributed by atoms with Gasteiger partial charge in [0.1, 0.15) is 24.4 Å². The number of hydrogen-bond donors (Lipinski definition) is 6. The number of rotatable bonds is 58. The number of amides is 1. The van der Waals surface area contributed by atoms with Gasteiger partial charge in [-0.2, -0.15) is 0 Å². The Morgan fingerprint density at radius 3 is 1.08 bits per heavy atom. The van der Waals surface area contributed by atoms with Gasteiger partial charge < -0.3 is 40.3 Å². The van der Waals surface area contributed by atoms with Crippen LogP contribution in [0, 0.1) is 0 Å². The fourth-order valence-electron chi connectivity index (χ4n) is 10.8. The van der Waals surface area contributed by atoms with Crippen LogP contribution >= 0.6 is 0 Å². The summed E-state index contributed by atoms with van der Waals surface area (Å²) >= 11 is 0. The van der Waals surface area contributed by atoms with Crippen LogP contribution in [0.2, 0.25) is 0 Å². The third-order valence-corrected chi connectivity index (χ3v) is 16.0. The summed E-state index contributed by atoms with van der Waals surface area (Å²) in [5, 5.41) is 54.4. The van der Waals surface area contributed by atoms with Crippen LogP contribution in [-0.4, -0.2) is 87.5 Å². The Balaban J connectivity index is 1.97. The van der Waals surface area contributed by atoms with E-state index < -0.39 is 49.5 Å². The van der Waals surface area contributed by atoms with Crippen molar-refractivity contribution in [1.82, 2.24) is 5.32 Å². The third-order valence-electron chi connectivity index (χ3n) is 16.0. The molecule has 0 saturated carbocycles. The van der Waals surface area contributed by atoms with Crippen LogP contribution in [-0.2, 0) is 14.3 Å². The molecule has 1 heterocycles. The summed E-state index contributed by atoms with van der Waals surface area (Å²) < 4.78 is 11.2. The molecule has 9 nitrogen and oxygen atoms in total. The van der Waals surface area contributed by atoms with E-state index in [4.69, 9.17) is 9.47 Å². The van der Waals surface area contributed by atoms with Gasteiger partial charge in [0, 0.05) is 6.42 Å². The first-order chi connectivity index (χ1) is 36.8. The van der Waals surface area contributed by atoms with E-state index in [0.717, 1.165) is 38.5 Å². The number of hydrogen-bond acceptors (Lipinski definition) is 8. The third kappa shape index (κ3) is 45.1. The summed E-state index contributed by atoms with van der Waals surface area (Å²) in [6.45, 7) is 3.79. The van der Waals surface area contributed by atoms with Crippen molar-refractivity contribution in [3.8, 4) is 0 Å². The maximum atomic E-state index is 13.0. The van der Waals surface area contributed by atoms with E-state index in [1.54, 1.807) is 6.08 Å². The van der Waals surface area contributed by atoms with Crippen molar-refractivity contribution in [2.75, 3.05) is 13.2 Å². The van der Waals surface area contributed by atoms with Crippen LogP contribution in [0.25, 0.3) is 0 Å². The molecule has 1 amide bonds. The molecule has 1 rings (SSSR count). The highest BCUT2D eigenvalue weighted by Crippen LogP contribution is 2.23. The van der Waals surface area contributed by atoms with Crippen molar-refractivity contribution in [2.24, 2.45) is 0 Å². The first-order valence-electron chi connectivity index (χ1n) is 33.1. The van der Waals surface area contributed by atoms with Crippen LogP contribution < -0.4 is 5.32 Å². The lowest BCUT2D eigenvalue weighted by Crippen LogP contribution is -2.60. The summed E-state index contributed by atoms with van der Waals surface area (Å²) in [6.07, 6.45) is 66.0. The number of carbonyl (C=O) groups excluding carboxylic acids is 1. The van der Waals surface area contributed by atoms with Gasteiger partial charge in [0.05, 0.1) is 25.4 Å². The molecule has 75 heavy (non-hydrogen) atoms. The van der Waals surface area contributed by atoms with Gasteiger partial charge in [-0.3, -0.25) is 4.79 Å². The minimum absolute atomic E-state index is 0.172. The van der Waals surface area contributed by atoms with Crippen molar-refractivity contribution in [1.29, 1.82) is 0 Å². The summed E-state index contributed by atoms with van der Waals surface area (Å²) in [5.74, 6) is -0.172. The Kier molecular flexibility index (Phi) is 53.5. The first kappa shape index (κ1) is 71.7. The van der Waals surface area contributed by atoms with Gasteiger partial charge in [-0.05, 0) is 44.9 Å². The van der Waals surface area contributed by atoms with Crippen molar-refractivity contribution in [3.05, 3.63) is 24.3 Å². The van der Waals surface area contributed by atoms with E-state index in [9.17, 15) is 30.3 Å². The molecule has 0 aromatic rings. The van der Waals surface area contributed by atoms with Crippen LogP contribution in [0.1, 0.15) is 335 Å². The molecule has 0 bridgehead atoms. The standard InChI is InChI=1S/C66H127NO8/c1-3-5-7-9-11-13-15-16-17-18-19-20-21-22-23-24-25-26-27-28-29-30-31-32-33-34-35-36-37-38-39-40-41-42-43-44-46-48-50-52-54-56-62(70)67-59(58-74-66-65(73)64(72)63(71)61(57-68)75-66)60(69)55-53-51-49-47-45-14-12-10-8-6-4-2/h18-19,53,55,59-61,63-66,68-69,71-73H,3-17,20-52,54,56-58H2,1-2H3,(H,67,70)/b19-18-,55-53+. The lowest BCUT2D eigenvalue weighted by atomic mass is 9.99. The number of aliphatic hydroxyl groups is 5. The van der Waals surface area contributed by atoms with Crippen LogP contribution in [0.3, 0.4) is 0 Å². The number of carbonyl (C=O) groups is 1. The van der Waals surface area contributed by atoms with Gasteiger partial charge in [-0.15, -0.1) is 0 Å². The van der Waals surface area contributed by atoms with Crippen LogP contribution in [0.5, 0.6) is 0 Å². The van der Waals surface area contributed by atoms with Crippen LogP contribution in [0.4, 0.5) is 0 Å². The number of aliphatic hydroxyl groups excluding tert-OH is 5. The zero-order valence-corrected chi connectivity index (χ0v) is 49.6. The van der Waals surface area contributed by atoms with Gasteiger partial charge in [-0.25, -0.2) is 0 Å². The number of ether oxygens (including phenoxy) is 2. The SMILES string of the molecule is CCCCCCCCCC/C=C\CCCCCCCCCCCCCCCCCCCCCCCCCCCCCCCC(=O)NC(COC1OC(CO)C(O)C(O)C1O)C(O)/C=C/CCCCCCCCCCC. The second-order valence-corrected chi connectivity index (χ2v) is 23.3. The van der Waals surface area contributed by atoms with E-state index in [2.05, 4.69) is 31.3 Å². The average molecular weight is 1060 g/mol. The van der Waals surface area contributed by atoms with E-state index in [-0.39, 0.29) is 12.5 Å². The molecule has 6 N–H and O–H groups in total. The molecule has 1 aliphatic heterocycles. The van der Waals surface area contributed by atoms with Crippen molar-refractivity contribution >= 4 is 5.91 Å². The molecule has 0 spiro atoms. The Labute approximate surface area is 464 Å². The molecule has 444 valence electrons. The molecule has 7 atom stereocenters. The van der Waals surface area contributed by atoms with Crippen LogP contribution in [0.15, 0.2) is 24.3 Å². The van der Waals surface area contributed by atoms with E-state index in [1.807, 2.05) is 6.08 Å². The highest BCUT2D eigenvalue weighted by atomic mass is 16.7. The smallest absolute Gasteiger partial charge is 0.220 e. The monoisotopic (exact) mass is 1060 g/mol. The fourth-order valence-corrected chi connectivity index (χ4v) is 10.8. The summed E-state index contributed by atoms with van der Waals surface area (Å²) in [7, 11) is 0. The van der Waals surface area contributed by atoms with Gasteiger partial charge >= 0.3 is 0 Å². The van der Waals surface area contributed by atoms with E-state index in [0.29, 0.717) is 6.42 Å². The quantitative estimate of drug-likeness (QED) is 0.0261. The predicted molar refractivity (Wildman–Crippen MR) is 318 cm³/mol. The largest absolute Gasteiger partial charge is 0.394 e. The van der Waals surface area contributed by atoms with Gasteiger partial charge in [-0.1, -0.05) is 308 Å².